The third-order valence-electron chi connectivity index (χ3n) is 10.4. The SMILES string of the molecule is C=C(C)C(=O)OC(C)(C)C1CCC(=O)O1.C=C(C)C(=O)OCC(O)CC1CCC(=O)O1.C=C(C)C(=O)OCC1CCCC(=O)O1.C=CC(=O)OCC(O)CC1CCC(=O)O1.C=CC(=O)OCC1CCCC(=O)O1. The highest BCUT2D eigenvalue weighted by Crippen LogP contribution is 2.28. The predicted molar refractivity (Wildman–Crippen MR) is 255 cm³/mol. The molecule has 7 atom stereocenters. The molecule has 2 N–H and O–H groups in total. The molecule has 0 aromatic carbocycles. The van der Waals surface area contributed by atoms with E-state index in [1.165, 1.54) is 6.92 Å². The van der Waals surface area contributed by atoms with Crippen LogP contribution in [0.15, 0.2) is 61.8 Å². The van der Waals surface area contributed by atoms with Crippen LogP contribution in [0, 0.1) is 0 Å². The standard InChI is InChI=1S/C11H16O5.C11H16O4.C10H14O5.C10H14O4.C9H12O4/c1-7(2)11(14)15-6-8(12)5-9-3-4-10(13)16-9;1-7(2)10(13)15-11(3,4)8-5-6-9(12)14-8;1-2-9(12)14-6-7(11)5-8-3-4-10(13)15-8;1-7(2)10(12)13-6-8-4-3-5-9(11)14-8;1-2-8(10)12-6-7-4-3-5-9(11)13-7/h8-9,12H,1,3-6H2,2H3;8H,1,5-6H2,2-4H3;2,7-8,11H,1,3-6H2;8H,1,3-6H2,2H3;2,7H,1,3-6H2. The molecule has 73 heavy (non-hydrogen) atoms. The Bertz CT molecular complexity index is 1980. The predicted octanol–water partition coefficient (Wildman–Crippen LogP) is 4.34. The minimum absolute atomic E-state index is 0.0975. The second-order valence-corrected chi connectivity index (χ2v) is 17.8. The van der Waals surface area contributed by atoms with Crippen molar-refractivity contribution in [3.63, 3.8) is 0 Å². The molecule has 408 valence electrons. The number of ether oxygens (including phenoxy) is 10. The molecule has 0 saturated carbocycles. The lowest BCUT2D eigenvalue weighted by molar-refractivity contribution is -0.170. The number of carbonyl (C=O) groups is 10. The van der Waals surface area contributed by atoms with Crippen molar-refractivity contribution in [3.8, 4) is 0 Å². The van der Waals surface area contributed by atoms with Crippen LogP contribution >= 0.6 is 0 Å². The number of hydrogen-bond donors (Lipinski definition) is 2. The maximum Gasteiger partial charge on any atom is 0.333 e. The van der Waals surface area contributed by atoms with E-state index >= 15 is 0 Å². The Labute approximate surface area is 425 Å². The lowest BCUT2D eigenvalue weighted by Gasteiger charge is -2.29. The van der Waals surface area contributed by atoms with Gasteiger partial charge >= 0.3 is 59.7 Å². The molecule has 5 saturated heterocycles. The van der Waals surface area contributed by atoms with E-state index in [1.54, 1.807) is 27.7 Å². The van der Waals surface area contributed by atoms with Crippen LogP contribution in [0.1, 0.15) is 125 Å². The Morgan fingerprint density at radius 3 is 1.29 bits per heavy atom. The van der Waals surface area contributed by atoms with Crippen molar-refractivity contribution in [1.29, 1.82) is 0 Å². The van der Waals surface area contributed by atoms with Gasteiger partial charge in [-0.2, -0.15) is 0 Å². The highest BCUT2D eigenvalue weighted by Gasteiger charge is 2.40. The number of aliphatic hydroxyl groups is 2. The number of esters is 10. The Morgan fingerprint density at radius 2 is 0.904 bits per heavy atom. The molecule has 0 bridgehead atoms. The molecule has 7 unspecified atom stereocenters. The van der Waals surface area contributed by atoms with Crippen LogP contribution in [0.3, 0.4) is 0 Å². The van der Waals surface area contributed by atoms with Crippen molar-refractivity contribution in [2.45, 2.75) is 173 Å². The highest BCUT2D eigenvalue weighted by atomic mass is 16.6. The lowest BCUT2D eigenvalue weighted by Crippen LogP contribution is -2.40. The van der Waals surface area contributed by atoms with E-state index < -0.39 is 47.7 Å². The van der Waals surface area contributed by atoms with E-state index in [2.05, 4.69) is 37.6 Å². The summed E-state index contributed by atoms with van der Waals surface area (Å²) in [6, 6.07) is 0. The Balaban J connectivity index is 0.000000457. The molecule has 0 aromatic heterocycles. The fraction of sp³-hybridized carbons (Fsp3) is 0.608. The van der Waals surface area contributed by atoms with Gasteiger partial charge in [-0.15, -0.1) is 0 Å². The molecule has 0 aliphatic carbocycles. The first-order valence-corrected chi connectivity index (χ1v) is 23.7. The third-order valence-corrected chi connectivity index (χ3v) is 10.4. The Morgan fingerprint density at radius 1 is 0.534 bits per heavy atom. The summed E-state index contributed by atoms with van der Waals surface area (Å²) < 4.78 is 49.0. The molecule has 5 aliphatic rings. The minimum Gasteiger partial charge on any atom is -0.462 e. The number of rotatable bonds is 19. The van der Waals surface area contributed by atoms with Gasteiger partial charge in [0.05, 0.1) is 12.2 Å². The van der Waals surface area contributed by atoms with E-state index in [0.717, 1.165) is 37.8 Å². The van der Waals surface area contributed by atoms with Crippen LogP contribution in [0.25, 0.3) is 0 Å². The molecule has 5 rings (SSSR count). The number of hydrogen-bond acceptors (Lipinski definition) is 22. The monoisotopic (exact) mass is 1040 g/mol. The molecule has 0 spiro atoms. The zero-order valence-electron chi connectivity index (χ0n) is 42.5. The zero-order valence-corrected chi connectivity index (χ0v) is 42.5. The number of carbonyl (C=O) groups excluding carboxylic acids is 10. The van der Waals surface area contributed by atoms with E-state index in [-0.39, 0.29) is 86.8 Å². The molecule has 0 aromatic rings. The molecule has 22 heteroatoms. The molecular weight excluding hydrogens is 965 g/mol. The first kappa shape index (κ1) is 64.3. The second kappa shape index (κ2) is 33.9. The molecule has 5 heterocycles. The topological polar surface area (TPSA) is 303 Å². The molecule has 0 amide bonds. The highest BCUT2D eigenvalue weighted by molar-refractivity contribution is 5.88. The van der Waals surface area contributed by atoms with Gasteiger partial charge in [0.2, 0.25) is 0 Å². The van der Waals surface area contributed by atoms with E-state index in [4.69, 9.17) is 42.6 Å². The summed E-state index contributed by atoms with van der Waals surface area (Å²) in [5, 5.41) is 19.0. The van der Waals surface area contributed by atoms with E-state index in [0.29, 0.717) is 80.9 Å². The Kier molecular flexibility index (Phi) is 29.9. The quantitative estimate of drug-likeness (QED) is 0.103. The van der Waals surface area contributed by atoms with Gasteiger partial charge in [0, 0.05) is 73.8 Å². The van der Waals surface area contributed by atoms with Crippen LogP contribution in [0.4, 0.5) is 0 Å². The largest absolute Gasteiger partial charge is 0.462 e. The fourth-order valence-electron chi connectivity index (χ4n) is 6.50. The number of cyclic esters (lactones) is 5. The summed E-state index contributed by atoms with van der Waals surface area (Å²) in [4.78, 5) is 109. The summed E-state index contributed by atoms with van der Waals surface area (Å²) in [5.41, 5.74) is 0.196. The van der Waals surface area contributed by atoms with Gasteiger partial charge in [0.15, 0.2) is 0 Å². The van der Waals surface area contributed by atoms with Gasteiger partial charge in [-0.3, -0.25) is 24.0 Å². The van der Waals surface area contributed by atoms with Crippen molar-refractivity contribution in [3.05, 3.63) is 61.8 Å². The van der Waals surface area contributed by atoms with Gasteiger partial charge in [-0.1, -0.05) is 32.9 Å². The van der Waals surface area contributed by atoms with Crippen molar-refractivity contribution in [1.82, 2.24) is 0 Å². The molecule has 5 fully saturated rings. The van der Waals surface area contributed by atoms with Gasteiger partial charge in [-0.25, -0.2) is 24.0 Å². The van der Waals surface area contributed by atoms with Crippen LogP contribution in [-0.4, -0.2) is 145 Å². The van der Waals surface area contributed by atoms with Crippen molar-refractivity contribution >= 4 is 59.7 Å². The summed E-state index contributed by atoms with van der Waals surface area (Å²) >= 11 is 0. The summed E-state index contributed by atoms with van der Waals surface area (Å²) in [6.45, 7) is 25.1. The summed E-state index contributed by atoms with van der Waals surface area (Å²) in [7, 11) is 0. The van der Waals surface area contributed by atoms with Crippen LogP contribution in [0.2, 0.25) is 0 Å². The lowest BCUT2D eigenvalue weighted by atomic mass is 9.99. The molecule has 0 radical (unpaired) electrons. The smallest absolute Gasteiger partial charge is 0.333 e. The summed E-state index contributed by atoms with van der Waals surface area (Å²) in [5.74, 6) is -3.62. The van der Waals surface area contributed by atoms with Gasteiger partial charge in [-0.05, 0) is 79.6 Å². The van der Waals surface area contributed by atoms with E-state index in [1.807, 2.05) is 0 Å². The minimum atomic E-state index is -0.806. The molecular formula is C51H72O22. The van der Waals surface area contributed by atoms with Crippen LogP contribution < -0.4 is 0 Å². The molecule has 5 aliphatic heterocycles. The van der Waals surface area contributed by atoms with Crippen LogP contribution in [0.5, 0.6) is 0 Å². The van der Waals surface area contributed by atoms with Gasteiger partial charge < -0.3 is 57.6 Å². The average Bonchev–Trinajstić information content (AvgIpc) is 4.09. The Hall–Kier alpha value is -6.68. The third kappa shape index (κ3) is 28.8. The average molecular weight is 1040 g/mol. The molecule has 22 nitrogen and oxygen atoms in total. The van der Waals surface area contributed by atoms with Crippen molar-refractivity contribution < 1.29 is 106 Å². The maximum atomic E-state index is 11.3. The number of aliphatic hydroxyl groups excluding tert-OH is 2. The maximum absolute atomic E-state index is 11.3. The van der Waals surface area contributed by atoms with Crippen molar-refractivity contribution in [2.75, 3.05) is 26.4 Å². The van der Waals surface area contributed by atoms with Gasteiger partial charge in [0.25, 0.3) is 0 Å². The fourth-order valence-corrected chi connectivity index (χ4v) is 6.50. The van der Waals surface area contributed by atoms with Crippen molar-refractivity contribution in [2.24, 2.45) is 0 Å². The first-order chi connectivity index (χ1) is 34.2. The normalized spacial score (nSPS) is 21.5. The first-order valence-electron chi connectivity index (χ1n) is 23.7. The van der Waals surface area contributed by atoms with E-state index in [9.17, 15) is 58.2 Å². The second-order valence-electron chi connectivity index (χ2n) is 17.8. The van der Waals surface area contributed by atoms with Gasteiger partial charge in [0.1, 0.15) is 62.5 Å². The van der Waals surface area contributed by atoms with Crippen LogP contribution in [-0.2, 0) is 95.3 Å². The summed E-state index contributed by atoms with van der Waals surface area (Å²) in [6.07, 6.45) is 6.74. The zero-order chi connectivity index (χ0) is 55.3.